The average Bonchev–Trinajstić information content (AvgIpc) is 3.17. The van der Waals surface area contributed by atoms with Gasteiger partial charge in [-0.3, -0.25) is 0 Å². The van der Waals surface area contributed by atoms with Gasteiger partial charge in [0.2, 0.25) is 0 Å². The van der Waals surface area contributed by atoms with Crippen molar-refractivity contribution in [2.24, 2.45) is 0 Å². The predicted octanol–water partition coefficient (Wildman–Crippen LogP) is 5.06. The summed E-state index contributed by atoms with van der Waals surface area (Å²) >= 11 is 7.69. The van der Waals surface area contributed by atoms with Crippen LogP contribution in [-0.4, -0.2) is 21.8 Å². The molecule has 0 bridgehead atoms. The number of imidazole rings is 1. The fourth-order valence-electron chi connectivity index (χ4n) is 2.75. The first-order chi connectivity index (χ1) is 12.1. The van der Waals surface area contributed by atoms with Crippen LogP contribution in [0.2, 0.25) is 5.02 Å². The Bertz CT molecular complexity index is 942. The van der Waals surface area contributed by atoms with E-state index >= 15 is 0 Å². The Morgan fingerprint density at radius 3 is 2.80 bits per heavy atom. The summed E-state index contributed by atoms with van der Waals surface area (Å²) < 4.78 is 7.29. The van der Waals surface area contributed by atoms with Crippen molar-refractivity contribution in [3.63, 3.8) is 0 Å². The first-order valence-electron chi connectivity index (χ1n) is 7.71. The van der Waals surface area contributed by atoms with Crippen LogP contribution >= 0.6 is 23.4 Å². The smallest absolute Gasteiger partial charge is 0.176 e. The molecule has 4 nitrogen and oxygen atoms in total. The molecule has 2 aromatic carbocycles. The molecule has 1 N–H and O–H groups in total. The molecule has 1 aliphatic rings. The number of phenols is 1. The van der Waals surface area contributed by atoms with Gasteiger partial charge in [0, 0.05) is 16.7 Å². The SMILES string of the molecule is COc1cc(/C=C2/Cn3cc(-c4ccccc4)nc3S2)cc(Cl)c1O. The van der Waals surface area contributed by atoms with Crippen molar-refractivity contribution >= 4 is 29.4 Å². The second-order valence-corrected chi connectivity index (χ2v) is 7.17. The third-order valence-corrected chi connectivity index (χ3v) is 5.26. The number of benzene rings is 2. The van der Waals surface area contributed by atoms with Crippen molar-refractivity contribution < 1.29 is 9.84 Å². The zero-order chi connectivity index (χ0) is 17.4. The zero-order valence-corrected chi connectivity index (χ0v) is 15.0. The molecule has 4 rings (SSSR count). The molecule has 0 amide bonds. The third kappa shape index (κ3) is 3.13. The van der Waals surface area contributed by atoms with Gasteiger partial charge in [-0.15, -0.1) is 0 Å². The van der Waals surface area contributed by atoms with Gasteiger partial charge < -0.3 is 14.4 Å². The Balaban J connectivity index is 1.59. The number of methoxy groups -OCH3 is 1. The number of aromatic hydroxyl groups is 1. The largest absolute Gasteiger partial charge is 0.503 e. The number of thioether (sulfide) groups is 1. The number of aromatic nitrogens is 2. The van der Waals surface area contributed by atoms with E-state index in [9.17, 15) is 5.11 Å². The summed E-state index contributed by atoms with van der Waals surface area (Å²) in [4.78, 5) is 5.87. The van der Waals surface area contributed by atoms with Crippen LogP contribution < -0.4 is 4.74 Å². The van der Waals surface area contributed by atoms with Crippen molar-refractivity contribution in [2.75, 3.05) is 7.11 Å². The zero-order valence-electron chi connectivity index (χ0n) is 13.4. The maximum absolute atomic E-state index is 9.83. The molecule has 1 aliphatic heterocycles. The molecule has 0 aliphatic carbocycles. The normalized spacial score (nSPS) is 14.7. The molecule has 0 saturated carbocycles. The summed E-state index contributed by atoms with van der Waals surface area (Å²) in [6.45, 7) is 0.765. The summed E-state index contributed by atoms with van der Waals surface area (Å²) in [5.74, 6) is 0.331. The molecule has 6 heteroatoms. The van der Waals surface area contributed by atoms with E-state index in [-0.39, 0.29) is 10.8 Å². The summed E-state index contributed by atoms with van der Waals surface area (Å²) in [5, 5.41) is 11.1. The molecule has 0 saturated heterocycles. The van der Waals surface area contributed by atoms with Gasteiger partial charge in [0.15, 0.2) is 16.7 Å². The van der Waals surface area contributed by atoms with E-state index < -0.39 is 0 Å². The highest BCUT2D eigenvalue weighted by Crippen LogP contribution is 2.40. The second-order valence-electron chi connectivity index (χ2n) is 5.67. The molecule has 2 heterocycles. The molecule has 25 heavy (non-hydrogen) atoms. The molecule has 0 radical (unpaired) electrons. The number of halogens is 1. The number of hydrogen-bond donors (Lipinski definition) is 1. The first-order valence-corrected chi connectivity index (χ1v) is 8.91. The van der Waals surface area contributed by atoms with Gasteiger partial charge in [0.05, 0.1) is 24.4 Å². The second kappa shape index (κ2) is 6.50. The molecule has 0 unspecified atom stereocenters. The van der Waals surface area contributed by atoms with Crippen molar-refractivity contribution in [3.05, 3.63) is 64.2 Å². The number of nitrogens with zero attached hydrogens (tertiary/aromatic N) is 2. The van der Waals surface area contributed by atoms with Crippen LogP contribution in [0.15, 0.2) is 58.7 Å². The van der Waals surface area contributed by atoms with Gasteiger partial charge in [-0.05, 0) is 23.8 Å². The van der Waals surface area contributed by atoms with Gasteiger partial charge in [0.25, 0.3) is 0 Å². The van der Waals surface area contributed by atoms with Gasteiger partial charge in [-0.2, -0.15) is 0 Å². The van der Waals surface area contributed by atoms with Crippen LogP contribution in [0.4, 0.5) is 0 Å². The summed E-state index contributed by atoms with van der Waals surface area (Å²) in [6.07, 6.45) is 4.11. The molecule has 0 fully saturated rings. The fraction of sp³-hybridized carbons (Fsp3) is 0.105. The van der Waals surface area contributed by atoms with E-state index in [2.05, 4.69) is 22.9 Å². The maximum Gasteiger partial charge on any atom is 0.176 e. The van der Waals surface area contributed by atoms with E-state index in [0.29, 0.717) is 5.75 Å². The molecule has 0 atom stereocenters. The number of rotatable bonds is 3. The lowest BCUT2D eigenvalue weighted by molar-refractivity contribution is 0.373. The Labute approximate surface area is 154 Å². The number of phenolic OH excluding ortho intramolecular Hbond substituents is 1. The molecule has 0 spiro atoms. The highest BCUT2D eigenvalue weighted by Gasteiger charge is 2.20. The minimum Gasteiger partial charge on any atom is -0.503 e. The fourth-order valence-corrected chi connectivity index (χ4v) is 3.98. The predicted molar refractivity (Wildman–Crippen MR) is 101 cm³/mol. The van der Waals surface area contributed by atoms with Crippen LogP contribution in [0.1, 0.15) is 5.56 Å². The van der Waals surface area contributed by atoms with Gasteiger partial charge in [0.1, 0.15) is 0 Å². The lowest BCUT2D eigenvalue weighted by Gasteiger charge is -2.07. The first kappa shape index (κ1) is 16.1. The van der Waals surface area contributed by atoms with Crippen molar-refractivity contribution in [1.82, 2.24) is 9.55 Å². The van der Waals surface area contributed by atoms with Crippen LogP contribution in [-0.2, 0) is 6.54 Å². The lowest BCUT2D eigenvalue weighted by atomic mass is 10.2. The van der Waals surface area contributed by atoms with Crippen molar-refractivity contribution in [1.29, 1.82) is 0 Å². The quantitative estimate of drug-likeness (QED) is 0.699. The van der Waals surface area contributed by atoms with E-state index in [4.69, 9.17) is 21.3 Å². The van der Waals surface area contributed by atoms with Gasteiger partial charge in [-0.25, -0.2) is 4.98 Å². The number of fused-ring (bicyclic) bond motifs is 1. The van der Waals surface area contributed by atoms with Gasteiger partial charge in [-0.1, -0.05) is 53.7 Å². The number of allylic oxidation sites excluding steroid dienone is 1. The molecular weight excluding hydrogens is 356 g/mol. The highest BCUT2D eigenvalue weighted by molar-refractivity contribution is 8.03. The van der Waals surface area contributed by atoms with E-state index in [1.807, 2.05) is 24.3 Å². The summed E-state index contributed by atoms with van der Waals surface area (Å²) in [7, 11) is 1.51. The maximum atomic E-state index is 9.83. The standard InChI is InChI=1S/C19H15ClN2O2S/c1-24-17-9-12(8-15(20)18(17)23)7-14-10-22-11-16(21-19(22)25-14)13-5-3-2-4-6-13/h2-9,11,23H,10H2,1H3/b14-7-. The Morgan fingerprint density at radius 1 is 1.28 bits per heavy atom. The summed E-state index contributed by atoms with van der Waals surface area (Å²) in [5.41, 5.74) is 2.98. The van der Waals surface area contributed by atoms with Crippen molar-refractivity contribution in [3.8, 4) is 22.8 Å². The molecule has 1 aromatic heterocycles. The molecule has 3 aromatic rings. The highest BCUT2D eigenvalue weighted by atomic mass is 35.5. The minimum atomic E-state index is -0.0363. The average molecular weight is 371 g/mol. The Morgan fingerprint density at radius 2 is 2.08 bits per heavy atom. The van der Waals surface area contributed by atoms with Crippen molar-refractivity contribution in [2.45, 2.75) is 11.7 Å². The van der Waals surface area contributed by atoms with Gasteiger partial charge >= 0.3 is 0 Å². The van der Waals surface area contributed by atoms with Crippen LogP contribution in [0.3, 0.4) is 0 Å². The third-order valence-electron chi connectivity index (χ3n) is 3.96. The van der Waals surface area contributed by atoms with E-state index in [1.165, 1.54) is 7.11 Å². The molecule has 126 valence electrons. The van der Waals surface area contributed by atoms with E-state index in [1.54, 1.807) is 23.9 Å². The minimum absolute atomic E-state index is 0.0363. The monoisotopic (exact) mass is 370 g/mol. The Hall–Kier alpha value is -2.37. The lowest BCUT2D eigenvalue weighted by Crippen LogP contribution is -1.90. The topological polar surface area (TPSA) is 47.3 Å². The molecular formula is C19H15ClN2O2S. The van der Waals surface area contributed by atoms with Crippen LogP contribution in [0.5, 0.6) is 11.5 Å². The van der Waals surface area contributed by atoms with E-state index in [0.717, 1.165) is 33.4 Å². The van der Waals surface area contributed by atoms with Crippen LogP contribution in [0.25, 0.3) is 17.3 Å². The number of hydrogen-bond acceptors (Lipinski definition) is 4. The number of ether oxygens (including phenoxy) is 1. The Kier molecular flexibility index (Phi) is 4.19. The van der Waals surface area contributed by atoms with Crippen LogP contribution in [0, 0.1) is 0 Å². The summed E-state index contributed by atoms with van der Waals surface area (Å²) in [6, 6.07) is 13.6.